The van der Waals surface area contributed by atoms with Crippen molar-refractivity contribution < 1.29 is 18.7 Å². The van der Waals surface area contributed by atoms with E-state index in [1.54, 1.807) is 4.57 Å². The van der Waals surface area contributed by atoms with Crippen molar-refractivity contribution in [1.29, 1.82) is 5.26 Å². The Kier molecular flexibility index (Phi) is 5.50. The monoisotopic (exact) mass is 353 g/mol. The number of ether oxygens (including phenoxy) is 1. The lowest BCUT2D eigenvalue weighted by Gasteiger charge is -2.16. The van der Waals surface area contributed by atoms with Gasteiger partial charge in [-0.2, -0.15) is 5.26 Å². The van der Waals surface area contributed by atoms with Gasteiger partial charge in [-0.3, -0.25) is 9.36 Å². The van der Waals surface area contributed by atoms with Crippen molar-refractivity contribution in [3.63, 3.8) is 0 Å². The molecule has 0 saturated carbocycles. The lowest BCUT2D eigenvalue weighted by Crippen LogP contribution is -2.16. The standard InChI is InChI=1S/C13H16N5O5P/c14-4-1-5-21-24(20)22-6-9-2-3-10(23-9)18-8-17-11-12(18)15-7-16-13(11)19/h7-10,20H,1-3,5-6H2,(H,15,16,19). The highest BCUT2D eigenvalue weighted by Crippen LogP contribution is 2.36. The zero-order valence-electron chi connectivity index (χ0n) is 12.7. The predicted octanol–water partition coefficient (Wildman–Crippen LogP) is 0.963. The van der Waals surface area contributed by atoms with Gasteiger partial charge in [0.25, 0.3) is 5.56 Å². The molecule has 0 aliphatic carbocycles. The Morgan fingerprint density at radius 1 is 1.50 bits per heavy atom. The summed E-state index contributed by atoms with van der Waals surface area (Å²) in [6.45, 7) is 0.319. The van der Waals surface area contributed by atoms with E-state index in [1.807, 2.05) is 6.07 Å². The molecule has 10 nitrogen and oxygen atoms in total. The molecule has 0 radical (unpaired) electrons. The number of nitriles is 1. The number of imidazole rings is 1. The van der Waals surface area contributed by atoms with Crippen LogP contribution in [0.25, 0.3) is 11.2 Å². The van der Waals surface area contributed by atoms with Crippen molar-refractivity contribution in [1.82, 2.24) is 19.5 Å². The highest BCUT2D eigenvalue weighted by molar-refractivity contribution is 7.40. The van der Waals surface area contributed by atoms with Crippen molar-refractivity contribution in [2.45, 2.75) is 31.6 Å². The molecule has 3 unspecified atom stereocenters. The molecular formula is C13H16N5O5P. The number of nitrogens with zero attached hydrogens (tertiary/aromatic N) is 4. The third kappa shape index (κ3) is 3.77. The van der Waals surface area contributed by atoms with E-state index in [1.165, 1.54) is 12.7 Å². The van der Waals surface area contributed by atoms with Gasteiger partial charge in [0.1, 0.15) is 6.23 Å². The fourth-order valence-electron chi connectivity index (χ4n) is 2.44. The van der Waals surface area contributed by atoms with E-state index in [9.17, 15) is 9.69 Å². The van der Waals surface area contributed by atoms with Crippen LogP contribution in [0.4, 0.5) is 0 Å². The smallest absolute Gasteiger partial charge is 0.329 e. The van der Waals surface area contributed by atoms with Gasteiger partial charge < -0.3 is 23.7 Å². The lowest BCUT2D eigenvalue weighted by atomic mass is 10.2. The second-order valence-electron chi connectivity index (χ2n) is 5.12. The summed E-state index contributed by atoms with van der Waals surface area (Å²) in [5.41, 5.74) is 0.442. The average Bonchev–Trinajstić information content (AvgIpc) is 3.20. The van der Waals surface area contributed by atoms with Crippen LogP contribution in [0.15, 0.2) is 17.4 Å². The van der Waals surface area contributed by atoms with Crippen molar-refractivity contribution in [2.24, 2.45) is 0 Å². The largest absolute Gasteiger partial charge is 0.352 e. The third-order valence-corrected chi connectivity index (χ3v) is 4.32. The summed E-state index contributed by atoms with van der Waals surface area (Å²) in [4.78, 5) is 31.9. The number of aromatic nitrogens is 4. The average molecular weight is 353 g/mol. The van der Waals surface area contributed by atoms with Crippen molar-refractivity contribution in [3.05, 3.63) is 23.0 Å². The lowest BCUT2D eigenvalue weighted by molar-refractivity contribution is -0.0186. The fourth-order valence-corrected chi connectivity index (χ4v) is 3.06. The van der Waals surface area contributed by atoms with E-state index < -0.39 is 8.60 Å². The predicted molar refractivity (Wildman–Crippen MR) is 82.6 cm³/mol. The van der Waals surface area contributed by atoms with Crippen molar-refractivity contribution in [3.8, 4) is 6.07 Å². The van der Waals surface area contributed by atoms with Gasteiger partial charge >= 0.3 is 8.60 Å². The van der Waals surface area contributed by atoms with E-state index in [0.717, 1.165) is 6.42 Å². The van der Waals surface area contributed by atoms with E-state index in [0.29, 0.717) is 12.1 Å². The zero-order chi connectivity index (χ0) is 16.9. The molecule has 1 aliphatic heterocycles. The molecule has 0 aromatic carbocycles. The van der Waals surface area contributed by atoms with Gasteiger partial charge in [-0.25, -0.2) is 9.97 Å². The van der Waals surface area contributed by atoms with Gasteiger partial charge in [-0.05, 0) is 12.8 Å². The second-order valence-corrected chi connectivity index (χ2v) is 6.11. The van der Waals surface area contributed by atoms with E-state index in [2.05, 4.69) is 15.0 Å². The SMILES string of the molecule is N#CCCOP(O)OCC1CCC(n2cnc3c(=O)[nH]cnc32)O1. The van der Waals surface area contributed by atoms with Crippen LogP contribution in [0.5, 0.6) is 0 Å². The Balaban J connectivity index is 1.54. The summed E-state index contributed by atoms with van der Waals surface area (Å²) in [6.07, 6.45) is 4.01. The minimum atomic E-state index is -2.01. The summed E-state index contributed by atoms with van der Waals surface area (Å²) in [6, 6.07) is 1.92. The first kappa shape index (κ1) is 17.0. The minimum Gasteiger partial charge on any atom is -0.352 e. The Labute approximate surface area is 138 Å². The molecule has 11 heteroatoms. The van der Waals surface area contributed by atoms with Crippen LogP contribution < -0.4 is 5.56 Å². The van der Waals surface area contributed by atoms with Gasteiger partial charge in [-0.1, -0.05) is 0 Å². The highest BCUT2D eigenvalue weighted by atomic mass is 31.2. The number of fused-ring (bicyclic) bond motifs is 1. The molecule has 0 spiro atoms. The number of aromatic amines is 1. The highest BCUT2D eigenvalue weighted by Gasteiger charge is 2.29. The summed E-state index contributed by atoms with van der Waals surface area (Å²) < 4.78 is 17.8. The number of rotatable bonds is 7. The maximum atomic E-state index is 11.7. The topological polar surface area (TPSA) is 135 Å². The first-order valence-electron chi connectivity index (χ1n) is 7.36. The van der Waals surface area contributed by atoms with Crippen LogP contribution in [0.3, 0.4) is 0 Å². The molecule has 24 heavy (non-hydrogen) atoms. The van der Waals surface area contributed by atoms with Gasteiger partial charge in [-0.15, -0.1) is 0 Å². The Morgan fingerprint density at radius 2 is 2.38 bits per heavy atom. The molecule has 3 rings (SSSR count). The number of hydrogen-bond acceptors (Lipinski definition) is 8. The molecule has 0 amide bonds. The van der Waals surface area contributed by atoms with Gasteiger partial charge in [0.15, 0.2) is 11.2 Å². The zero-order valence-corrected chi connectivity index (χ0v) is 13.6. The Bertz CT molecular complexity index is 787. The minimum absolute atomic E-state index is 0.133. The summed E-state index contributed by atoms with van der Waals surface area (Å²) in [7, 11) is -2.01. The molecule has 1 aliphatic rings. The van der Waals surface area contributed by atoms with E-state index in [4.69, 9.17) is 19.0 Å². The van der Waals surface area contributed by atoms with Crippen LogP contribution in [-0.2, 0) is 13.8 Å². The summed E-state index contributed by atoms with van der Waals surface area (Å²) in [5.74, 6) is 0. The molecule has 1 saturated heterocycles. The fraction of sp³-hybridized carbons (Fsp3) is 0.538. The molecule has 2 aromatic heterocycles. The summed E-state index contributed by atoms with van der Waals surface area (Å²) in [5, 5.41) is 8.39. The molecule has 3 heterocycles. The van der Waals surface area contributed by atoms with Crippen LogP contribution in [0.2, 0.25) is 0 Å². The molecule has 0 bridgehead atoms. The quantitative estimate of drug-likeness (QED) is 0.555. The summed E-state index contributed by atoms with van der Waals surface area (Å²) >= 11 is 0. The normalized spacial score (nSPS) is 21.8. The van der Waals surface area contributed by atoms with Gasteiger partial charge in [0.05, 0.1) is 44.5 Å². The molecule has 2 N–H and O–H groups in total. The number of hydrogen-bond donors (Lipinski definition) is 2. The van der Waals surface area contributed by atoms with Crippen molar-refractivity contribution >= 4 is 19.8 Å². The van der Waals surface area contributed by atoms with Crippen LogP contribution in [0, 0.1) is 11.3 Å². The Hall–Kier alpha value is -1.89. The second kappa shape index (κ2) is 7.79. The number of nitrogens with one attached hydrogen (secondary N) is 1. The first-order chi connectivity index (χ1) is 11.7. The number of H-pyrrole nitrogens is 1. The van der Waals surface area contributed by atoms with Crippen LogP contribution in [0.1, 0.15) is 25.5 Å². The van der Waals surface area contributed by atoms with E-state index >= 15 is 0 Å². The van der Waals surface area contributed by atoms with Crippen LogP contribution in [-0.4, -0.2) is 43.7 Å². The van der Waals surface area contributed by atoms with E-state index in [-0.39, 0.29) is 43.0 Å². The molecular weight excluding hydrogens is 337 g/mol. The molecule has 3 atom stereocenters. The van der Waals surface area contributed by atoms with Crippen molar-refractivity contribution in [2.75, 3.05) is 13.2 Å². The van der Waals surface area contributed by atoms with Gasteiger partial charge in [0, 0.05) is 0 Å². The third-order valence-electron chi connectivity index (χ3n) is 3.55. The molecule has 128 valence electrons. The Morgan fingerprint density at radius 3 is 3.21 bits per heavy atom. The maximum Gasteiger partial charge on any atom is 0.329 e. The molecule has 1 fully saturated rings. The first-order valence-corrected chi connectivity index (χ1v) is 8.49. The molecule has 2 aromatic rings. The maximum absolute atomic E-state index is 11.7. The van der Waals surface area contributed by atoms with Crippen LogP contribution >= 0.6 is 8.60 Å². The van der Waals surface area contributed by atoms with Gasteiger partial charge in [0.2, 0.25) is 0 Å².